The summed E-state index contributed by atoms with van der Waals surface area (Å²) in [5.74, 6) is 2.45. The molecular weight excluding hydrogens is 226 g/mol. The highest BCUT2D eigenvalue weighted by Gasteiger charge is 2.34. The Bertz CT molecular complexity index is 233. The standard InChI is InChI=1S/C15H29NS/c1-15(2)9-8-13(16-3)14(10-15)17-11-12-6-4-5-7-12/h12-14,16H,4-11H2,1-3H3. The van der Waals surface area contributed by atoms with E-state index < -0.39 is 0 Å². The zero-order valence-electron chi connectivity index (χ0n) is 11.8. The molecule has 17 heavy (non-hydrogen) atoms. The van der Waals surface area contributed by atoms with Crippen molar-refractivity contribution in [3.05, 3.63) is 0 Å². The van der Waals surface area contributed by atoms with Gasteiger partial charge in [-0.15, -0.1) is 0 Å². The van der Waals surface area contributed by atoms with E-state index in [0.717, 1.165) is 17.2 Å². The Morgan fingerprint density at radius 2 is 1.88 bits per heavy atom. The van der Waals surface area contributed by atoms with Crippen molar-refractivity contribution in [3.63, 3.8) is 0 Å². The van der Waals surface area contributed by atoms with Gasteiger partial charge < -0.3 is 5.32 Å². The van der Waals surface area contributed by atoms with Crippen molar-refractivity contribution in [2.24, 2.45) is 11.3 Å². The molecule has 0 spiro atoms. The molecule has 2 rings (SSSR count). The van der Waals surface area contributed by atoms with E-state index in [2.05, 4.69) is 38.0 Å². The number of thioether (sulfide) groups is 1. The summed E-state index contributed by atoms with van der Waals surface area (Å²) in [4.78, 5) is 0. The number of hydrogen-bond acceptors (Lipinski definition) is 2. The molecule has 100 valence electrons. The minimum atomic E-state index is 0.570. The molecule has 2 unspecified atom stereocenters. The van der Waals surface area contributed by atoms with Gasteiger partial charge in [0.25, 0.3) is 0 Å². The topological polar surface area (TPSA) is 12.0 Å². The molecule has 2 atom stereocenters. The second-order valence-corrected chi connectivity index (χ2v) is 8.10. The minimum Gasteiger partial charge on any atom is -0.316 e. The Labute approximate surface area is 112 Å². The highest BCUT2D eigenvalue weighted by Crippen LogP contribution is 2.41. The van der Waals surface area contributed by atoms with Crippen molar-refractivity contribution in [1.29, 1.82) is 0 Å². The third-order valence-electron chi connectivity index (χ3n) is 4.73. The van der Waals surface area contributed by atoms with Crippen molar-refractivity contribution in [2.45, 2.75) is 70.1 Å². The summed E-state index contributed by atoms with van der Waals surface area (Å²) >= 11 is 2.27. The van der Waals surface area contributed by atoms with Gasteiger partial charge in [0.05, 0.1) is 0 Å². The Morgan fingerprint density at radius 1 is 1.18 bits per heavy atom. The fraction of sp³-hybridized carbons (Fsp3) is 1.00. The van der Waals surface area contributed by atoms with Crippen LogP contribution in [0.1, 0.15) is 58.8 Å². The lowest BCUT2D eigenvalue weighted by Crippen LogP contribution is -2.43. The van der Waals surface area contributed by atoms with Crippen molar-refractivity contribution in [2.75, 3.05) is 12.8 Å². The van der Waals surface area contributed by atoms with Crippen LogP contribution in [-0.4, -0.2) is 24.1 Å². The quantitative estimate of drug-likeness (QED) is 0.812. The van der Waals surface area contributed by atoms with Crippen LogP contribution in [0.15, 0.2) is 0 Å². The first-order valence-electron chi connectivity index (χ1n) is 7.39. The molecule has 0 saturated heterocycles. The molecule has 0 aliphatic heterocycles. The molecule has 1 N–H and O–H groups in total. The maximum absolute atomic E-state index is 3.55. The van der Waals surface area contributed by atoms with Crippen molar-refractivity contribution < 1.29 is 0 Å². The minimum absolute atomic E-state index is 0.570. The van der Waals surface area contributed by atoms with Crippen LogP contribution >= 0.6 is 11.8 Å². The van der Waals surface area contributed by atoms with Gasteiger partial charge in [-0.3, -0.25) is 0 Å². The highest BCUT2D eigenvalue weighted by molar-refractivity contribution is 7.99. The largest absolute Gasteiger partial charge is 0.316 e. The van der Waals surface area contributed by atoms with Gasteiger partial charge in [0.1, 0.15) is 0 Å². The van der Waals surface area contributed by atoms with Crippen LogP contribution in [0.25, 0.3) is 0 Å². The third-order valence-corrected chi connectivity index (χ3v) is 6.31. The van der Waals surface area contributed by atoms with Gasteiger partial charge >= 0.3 is 0 Å². The van der Waals surface area contributed by atoms with Gasteiger partial charge in [-0.1, -0.05) is 26.7 Å². The van der Waals surface area contributed by atoms with E-state index in [1.54, 1.807) is 0 Å². The molecule has 1 nitrogen and oxygen atoms in total. The van der Waals surface area contributed by atoms with E-state index in [1.807, 2.05) is 0 Å². The van der Waals surface area contributed by atoms with Gasteiger partial charge in [0, 0.05) is 11.3 Å². The van der Waals surface area contributed by atoms with Crippen molar-refractivity contribution >= 4 is 11.8 Å². The summed E-state index contributed by atoms with van der Waals surface area (Å²) in [5, 5.41) is 4.40. The summed E-state index contributed by atoms with van der Waals surface area (Å²) in [6.07, 6.45) is 10.1. The zero-order valence-corrected chi connectivity index (χ0v) is 12.6. The first-order chi connectivity index (χ1) is 8.11. The average molecular weight is 255 g/mol. The van der Waals surface area contributed by atoms with Gasteiger partial charge in [0.2, 0.25) is 0 Å². The van der Waals surface area contributed by atoms with Crippen LogP contribution in [0, 0.1) is 11.3 Å². The maximum atomic E-state index is 3.55. The van der Waals surface area contributed by atoms with E-state index in [9.17, 15) is 0 Å². The molecule has 0 aromatic heterocycles. The van der Waals surface area contributed by atoms with Crippen LogP contribution in [0.5, 0.6) is 0 Å². The smallest absolute Gasteiger partial charge is 0.0206 e. The Kier molecular flexibility index (Phi) is 4.82. The summed E-state index contributed by atoms with van der Waals surface area (Å²) in [6.45, 7) is 4.89. The predicted octanol–water partition coefficient (Wildman–Crippen LogP) is 4.08. The highest BCUT2D eigenvalue weighted by atomic mass is 32.2. The Hall–Kier alpha value is 0.310. The molecule has 0 aromatic rings. The van der Waals surface area contributed by atoms with Crippen LogP contribution < -0.4 is 5.32 Å². The molecule has 0 amide bonds. The zero-order chi connectivity index (χ0) is 12.3. The van der Waals surface area contributed by atoms with Gasteiger partial charge in [-0.05, 0) is 56.2 Å². The molecule has 0 radical (unpaired) electrons. The molecular formula is C15H29NS. The summed E-state index contributed by atoms with van der Waals surface area (Å²) in [5.41, 5.74) is 0.570. The van der Waals surface area contributed by atoms with Gasteiger partial charge in [-0.25, -0.2) is 0 Å². The molecule has 0 aromatic carbocycles. The summed E-state index contributed by atoms with van der Waals surface area (Å²) in [7, 11) is 2.14. The van der Waals surface area contributed by atoms with Crippen molar-refractivity contribution in [3.8, 4) is 0 Å². The molecule has 2 aliphatic carbocycles. The molecule has 2 saturated carbocycles. The van der Waals surface area contributed by atoms with Crippen LogP contribution in [0.4, 0.5) is 0 Å². The van der Waals surface area contributed by atoms with Crippen LogP contribution in [0.3, 0.4) is 0 Å². The third kappa shape index (κ3) is 3.89. The molecule has 2 heteroatoms. The molecule has 0 heterocycles. The number of nitrogens with one attached hydrogen (secondary N) is 1. The van der Waals surface area contributed by atoms with E-state index in [0.29, 0.717) is 5.41 Å². The average Bonchev–Trinajstić information content (AvgIpc) is 2.78. The van der Waals surface area contributed by atoms with Crippen LogP contribution in [0.2, 0.25) is 0 Å². The van der Waals surface area contributed by atoms with Crippen LogP contribution in [-0.2, 0) is 0 Å². The lowest BCUT2D eigenvalue weighted by atomic mass is 9.75. The Morgan fingerprint density at radius 3 is 2.53 bits per heavy atom. The van der Waals surface area contributed by atoms with Gasteiger partial charge in [0.15, 0.2) is 0 Å². The second-order valence-electron chi connectivity index (χ2n) is 6.82. The fourth-order valence-corrected chi connectivity index (χ4v) is 5.39. The van der Waals surface area contributed by atoms with E-state index in [1.165, 1.54) is 50.7 Å². The lowest BCUT2D eigenvalue weighted by molar-refractivity contribution is 0.218. The van der Waals surface area contributed by atoms with Gasteiger partial charge in [-0.2, -0.15) is 11.8 Å². The van der Waals surface area contributed by atoms with E-state index in [-0.39, 0.29) is 0 Å². The number of hydrogen-bond donors (Lipinski definition) is 1. The van der Waals surface area contributed by atoms with E-state index >= 15 is 0 Å². The second kappa shape index (κ2) is 5.97. The molecule has 2 aliphatic rings. The SMILES string of the molecule is CNC1CCC(C)(C)CC1SCC1CCCC1. The molecule has 0 bridgehead atoms. The Balaban J connectivity index is 1.82. The first-order valence-corrected chi connectivity index (χ1v) is 8.44. The monoisotopic (exact) mass is 255 g/mol. The van der Waals surface area contributed by atoms with E-state index in [4.69, 9.17) is 0 Å². The van der Waals surface area contributed by atoms with Crippen molar-refractivity contribution in [1.82, 2.24) is 5.32 Å². The summed E-state index contributed by atoms with van der Waals surface area (Å²) in [6, 6.07) is 0.759. The fourth-order valence-electron chi connectivity index (χ4n) is 3.46. The molecule has 2 fully saturated rings. The maximum Gasteiger partial charge on any atom is 0.0206 e. The first kappa shape index (κ1) is 13.7. The normalized spacial score (nSPS) is 34.1. The summed E-state index contributed by atoms with van der Waals surface area (Å²) < 4.78 is 0. The lowest BCUT2D eigenvalue weighted by Gasteiger charge is -2.40. The predicted molar refractivity (Wildman–Crippen MR) is 78.7 cm³/mol. The number of rotatable bonds is 4.